The highest BCUT2D eigenvalue weighted by atomic mass is 16.1. The summed E-state index contributed by atoms with van der Waals surface area (Å²) < 4.78 is 0. The molecule has 4 atom stereocenters. The highest BCUT2D eigenvalue weighted by Crippen LogP contribution is 2.71. The number of ketones is 1. The van der Waals surface area contributed by atoms with E-state index in [0.717, 1.165) is 5.56 Å². The molecule has 0 spiro atoms. The lowest BCUT2D eigenvalue weighted by molar-refractivity contribution is 0.0576. The van der Waals surface area contributed by atoms with Crippen LogP contribution in [0.25, 0.3) is 0 Å². The first-order valence-corrected chi connectivity index (χ1v) is 7.78. The average Bonchev–Trinajstić information content (AvgIpc) is 3.25. The highest BCUT2D eigenvalue weighted by molar-refractivity contribution is 6.02. The number of carbonyl (C=O) groups excluding carboxylic acids is 1. The summed E-state index contributed by atoms with van der Waals surface area (Å²) in [6.07, 6.45) is 11.9. The SMILES string of the molecule is O=C(c1ccccc1)C12C3C=CC(C3)C1C1C=CC2C1. The fourth-order valence-corrected chi connectivity index (χ4v) is 5.82. The van der Waals surface area contributed by atoms with E-state index >= 15 is 0 Å². The van der Waals surface area contributed by atoms with Gasteiger partial charge in [0.1, 0.15) is 0 Å². The van der Waals surface area contributed by atoms with Gasteiger partial charge in [-0.1, -0.05) is 54.6 Å². The van der Waals surface area contributed by atoms with Gasteiger partial charge in [-0.3, -0.25) is 4.79 Å². The molecule has 4 aliphatic rings. The molecule has 100 valence electrons. The number of rotatable bonds is 2. The van der Waals surface area contributed by atoms with Gasteiger partial charge in [0, 0.05) is 5.56 Å². The predicted octanol–water partition coefficient (Wildman–Crippen LogP) is 3.88. The lowest BCUT2D eigenvalue weighted by atomic mass is 9.59. The van der Waals surface area contributed by atoms with Crippen LogP contribution in [0.4, 0.5) is 0 Å². The van der Waals surface area contributed by atoms with E-state index < -0.39 is 0 Å². The fraction of sp³-hybridized carbons (Fsp3) is 0.421. The first-order valence-electron chi connectivity index (χ1n) is 7.78. The van der Waals surface area contributed by atoms with E-state index in [1.54, 1.807) is 0 Å². The summed E-state index contributed by atoms with van der Waals surface area (Å²) in [5.74, 6) is 3.23. The van der Waals surface area contributed by atoms with Crippen molar-refractivity contribution in [1.82, 2.24) is 0 Å². The van der Waals surface area contributed by atoms with Gasteiger partial charge in [-0.15, -0.1) is 0 Å². The molecule has 0 radical (unpaired) electrons. The van der Waals surface area contributed by atoms with Crippen molar-refractivity contribution in [2.45, 2.75) is 12.8 Å². The number of hydrogen-bond donors (Lipinski definition) is 0. The van der Waals surface area contributed by atoms with Gasteiger partial charge in [0.2, 0.25) is 0 Å². The van der Waals surface area contributed by atoms with Crippen LogP contribution < -0.4 is 0 Å². The predicted molar refractivity (Wildman–Crippen MR) is 78.2 cm³/mol. The molecule has 2 fully saturated rings. The summed E-state index contributed by atoms with van der Waals surface area (Å²) in [6, 6.07) is 9.97. The molecule has 4 unspecified atom stereocenters. The van der Waals surface area contributed by atoms with Crippen LogP contribution in [0, 0.1) is 35.0 Å². The highest BCUT2D eigenvalue weighted by Gasteiger charge is 2.69. The Bertz CT molecular complexity index is 611. The third kappa shape index (κ3) is 1.06. The number of Topliss-reactive ketones (excluding diaryl/α,β-unsaturated/α-hetero) is 1. The largest absolute Gasteiger partial charge is 0.293 e. The van der Waals surface area contributed by atoms with Gasteiger partial charge in [0.15, 0.2) is 5.78 Å². The van der Waals surface area contributed by atoms with E-state index in [4.69, 9.17) is 0 Å². The summed E-state index contributed by atoms with van der Waals surface area (Å²) in [7, 11) is 0. The minimum atomic E-state index is -0.111. The number of benzene rings is 1. The molecule has 0 aliphatic heterocycles. The van der Waals surface area contributed by atoms with Gasteiger partial charge in [0.05, 0.1) is 5.41 Å². The van der Waals surface area contributed by atoms with Crippen LogP contribution in [0.3, 0.4) is 0 Å². The summed E-state index contributed by atoms with van der Waals surface area (Å²) in [5, 5.41) is 0. The zero-order valence-electron chi connectivity index (χ0n) is 11.4. The molecule has 0 N–H and O–H groups in total. The fourth-order valence-electron chi connectivity index (χ4n) is 5.82. The smallest absolute Gasteiger partial charge is 0.170 e. The van der Waals surface area contributed by atoms with Crippen LogP contribution in [-0.4, -0.2) is 5.78 Å². The van der Waals surface area contributed by atoms with Crippen molar-refractivity contribution in [2.24, 2.45) is 35.0 Å². The van der Waals surface area contributed by atoms with Crippen LogP contribution >= 0.6 is 0 Å². The maximum Gasteiger partial charge on any atom is 0.170 e. The minimum absolute atomic E-state index is 0.111. The molecule has 1 heteroatoms. The summed E-state index contributed by atoms with van der Waals surface area (Å²) in [5.41, 5.74) is 0.805. The monoisotopic (exact) mass is 262 g/mol. The molecule has 1 aromatic rings. The Labute approximate surface area is 119 Å². The zero-order chi connectivity index (χ0) is 13.3. The Morgan fingerprint density at radius 3 is 2.10 bits per heavy atom. The van der Waals surface area contributed by atoms with Crippen molar-refractivity contribution in [3.05, 3.63) is 60.2 Å². The Kier molecular flexibility index (Phi) is 1.95. The molecule has 2 saturated carbocycles. The van der Waals surface area contributed by atoms with E-state index in [-0.39, 0.29) is 5.41 Å². The van der Waals surface area contributed by atoms with E-state index in [2.05, 4.69) is 24.3 Å². The molecule has 0 aromatic heterocycles. The van der Waals surface area contributed by atoms with Gasteiger partial charge in [-0.2, -0.15) is 0 Å². The van der Waals surface area contributed by atoms with Gasteiger partial charge in [0.25, 0.3) is 0 Å². The number of fused-ring (bicyclic) bond motifs is 9. The number of hydrogen-bond acceptors (Lipinski definition) is 1. The standard InChI is InChI=1S/C19H18O/c20-18(12-4-2-1-3-5-12)19-15-8-6-13(10-15)17(19)14-7-9-16(19)11-14/h1-9,13-17H,10-11H2. The third-order valence-corrected chi connectivity index (χ3v) is 6.36. The lowest BCUT2D eigenvalue weighted by Gasteiger charge is -2.42. The van der Waals surface area contributed by atoms with E-state index in [1.807, 2.05) is 30.3 Å². The Hall–Kier alpha value is -1.63. The molecule has 1 nitrogen and oxygen atoms in total. The van der Waals surface area contributed by atoms with Gasteiger partial charge in [-0.25, -0.2) is 0 Å². The van der Waals surface area contributed by atoms with Crippen molar-refractivity contribution >= 4 is 5.78 Å². The Morgan fingerprint density at radius 2 is 1.50 bits per heavy atom. The van der Waals surface area contributed by atoms with Crippen LogP contribution in [0.2, 0.25) is 0 Å². The lowest BCUT2D eigenvalue weighted by Crippen LogP contribution is -2.45. The average molecular weight is 262 g/mol. The second-order valence-electron chi connectivity index (χ2n) is 6.94. The number of allylic oxidation sites excluding steroid dienone is 4. The molecule has 1 aromatic carbocycles. The summed E-state index contributed by atoms with van der Waals surface area (Å²) in [4.78, 5) is 13.4. The molecule has 0 amide bonds. The summed E-state index contributed by atoms with van der Waals surface area (Å²) in [6.45, 7) is 0. The van der Waals surface area contributed by atoms with Gasteiger partial charge >= 0.3 is 0 Å². The molecular weight excluding hydrogens is 244 g/mol. The molecule has 5 rings (SSSR count). The van der Waals surface area contributed by atoms with Crippen LogP contribution in [0.5, 0.6) is 0 Å². The summed E-state index contributed by atoms with van der Waals surface area (Å²) >= 11 is 0. The molecule has 20 heavy (non-hydrogen) atoms. The first kappa shape index (κ1) is 11.1. The maximum atomic E-state index is 13.4. The second kappa shape index (κ2) is 3.52. The van der Waals surface area contributed by atoms with Crippen LogP contribution in [0.15, 0.2) is 54.6 Å². The normalized spacial score (nSPS) is 46.1. The van der Waals surface area contributed by atoms with E-state index in [0.29, 0.717) is 35.4 Å². The molecule has 4 bridgehead atoms. The van der Waals surface area contributed by atoms with Crippen molar-refractivity contribution in [3.63, 3.8) is 0 Å². The van der Waals surface area contributed by atoms with Crippen molar-refractivity contribution in [3.8, 4) is 0 Å². The topological polar surface area (TPSA) is 17.1 Å². The van der Waals surface area contributed by atoms with Crippen LogP contribution in [-0.2, 0) is 0 Å². The van der Waals surface area contributed by atoms with Crippen molar-refractivity contribution in [1.29, 1.82) is 0 Å². The first-order chi connectivity index (χ1) is 9.81. The molecular formula is C19H18O. The Balaban J connectivity index is 1.69. The van der Waals surface area contributed by atoms with Crippen molar-refractivity contribution in [2.75, 3.05) is 0 Å². The molecule has 0 saturated heterocycles. The quantitative estimate of drug-likeness (QED) is 0.449. The zero-order valence-corrected chi connectivity index (χ0v) is 11.4. The number of carbonyl (C=O) groups is 1. The van der Waals surface area contributed by atoms with Crippen LogP contribution in [0.1, 0.15) is 23.2 Å². The molecule has 4 aliphatic carbocycles. The minimum Gasteiger partial charge on any atom is -0.293 e. The second-order valence-corrected chi connectivity index (χ2v) is 6.94. The van der Waals surface area contributed by atoms with Gasteiger partial charge in [-0.05, 0) is 42.4 Å². The van der Waals surface area contributed by atoms with E-state index in [9.17, 15) is 4.79 Å². The van der Waals surface area contributed by atoms with E-state index in [1.165, 1.54) is 12.8 Å². The third-order valence-electron chi connectivity index (χ3n) is 6.36. The van der Waals surface area contributed by atoms with Gasteiger partial charge < -0.3 is 0 Å². The van der Waals surface area contributed by atoms with Crippen molar-refractivity contribution < 1.29 is 4.79 Å². The molecule has 0 heterocycles. The Morgan fingerprint density at radius 1 is 0.900 bits per heavy atom. The maximum absolute atomic E-state index is 13.4.